The van der Waals surface area contributed by atoms with Gasteiger partial charge in [-0.25, -0.2) is 0 Å². The molecule has 9 aromatic carbocycles. The molecule has 1 aliphatic rings. The minimum absolute atomic E-state index is 0.106. The minimum Gasteiger partial charge on any atom is -0.310 e. The molecule has 9 aromatic rings. The van der Waals surface area contributed by atoms with Gasteiger partial charge in [0.05, 0.1) is 16.6 Å². The van der Waals surface area contributed by atoms with Gasteiger partial charge in [-0.05, 0) is 97.5 Å². The van der Waals surface area contributed by atoms with E-state index in [1.54, 1.807) is 0 Å². The van der Waals surface area contributed by atoms with Crippen molar-refractivity contribution >= 4 is 17.1 Å². The monoisotopic (exact) mass is 717 g/mol. The molecule has 0 spiro atoms. The van der Waals surface area contributed by atoms with Gasteiger partial charge in [0.1, 0.15) is 0 Å². The van der Waals surface area contributed by atoms with Crippen LogP contribution >= 0.6 is 0 Å². The highest BCUT2D eigenvalue weighted by molar-refractivity contribution is 5.97. The first-order valence-electron chi connectivity index (χ1n) is 21.0. The van der Waals surface area contributed by atoms with E-state index in [9.17, 15) is 5.48 Å². The minimum atomic E-state index is -0.664. The fourth-order valence-electron chi connectivity index (χ4n) is 8.61. The maximum Gasteiger partial charge on any atom is 0.0714 e. The van der Waals surface area contributed by atoms with Crippen molar-refractivity contribution in [2.45, 2.75) is 5.41 Å². The third-order valence-corrected chi connectivity index (χ3v) is 11.0. The summed E-state index contributed by atoms with van der Waals surface area (Å²) < 4.78 is 39.4. The van der Waals surface area contributed by atoms with Gasteiger partial charge >= 0.3 is 0 Å². The zero-order valence-corrected chi connectivity index (χ0v) is 30.7. The van der Waals surface area contributed by atoms with E-state index in [4.69, 9.17) is 0 Å². The Morgan fingerprint density at radius 2 is 0.875 bits per heavy atom. The van der Waals surface area contributed by atoms with E-state index in [2.05, 4.69) is 91.0 Å². The number of benzene rings is 9. The van der Waals surface area contributed by atoms with Crippen LogP contribution in [-0.4, -0.2) is 0 Å². The molecule has 56 heavy (non-hydrogen) atoms. The van der Waals surface area contributed by atoms with Gasteiger partial charge in [0.15, 0.2) is 0 Å². The number of fused-ring (bicyclic) bond motifs is 3. The first-order chi connectivity index (χ1) is 29.5. The molecule has 0 bridgehead atoms. The van der Waals surface area contributed by atoms with Crippen molar-refractivity contribution in [2.24, 2.45) is 0 Å². The van der Waals surface area contributed by atoms with E-state index in [1.165, 1.54) is 0 Å². The van der Waals surface area contributed by atoms with Crippen molar-refractivity contribution in [3.8, 4) is 44.5 Å². The van der Waals surface area contributed by atoms with Crippen molar-refractivity contribution in [3.05, 3.63) is 259 Å². The lowest BCUT2D eigenvalue weighted by atomic mass is 9.68. The van der Waals surface area contributed by atoms with E-state index in [0.29, 0.717) is 5.56 Å². The molecule has 1 aliphatic carbocycles. The Labute approximate surface area is 335 Å². The average molecular weight is 718 g/mol. The van der Waals surface area contributed by atoms with Crippen molar-refractivity contribution in [1.82, 2.24) is 0 Å². The summed E-state index contributed by atoms with van der Waals surface area (Å²) in [6.45, 7) is 0. The van der Waals surface area contributed by atoms with Crippen molar-refractivity contribution < 1.29 is 5.48 Å². The summed E-state index contributed by atoms with van der Waals surface area (Å²) in [7, 11) is 0. The Kier molecular flexibility index (Phi) is 7.40. The lowest BCUT2D eigenvalue weighted by molar-refractivity contribution is 0.768. The van der Waals surface area contributed by atoms with Crippen molar-refractivity contribution in [3.63, 3.8) is 0 Å². The van der Waals surface area contributed by atoms with Crippen molar-refractivity contribution in [2.75, 3.05) is 4.90 Å². The third kappa shape index (κ3) is 5.56. The van der Waals surface area contributed by atoms with Gasteiger partial charge in [-0.3, -0.25) is 0 Å². The molecule has 0 saturated carbocycles. The van der Waals surface area contributed by atoms with Crippen LogP contribution in [-0.2, 0) is 5.41 Å². The molecule has 264 valence electrons. The first-order valence-corrected chi connectivity index (χ1v) is 19.0. The first kappa shape index (κ1) is 29.2. The zero-order chi connectivity index (χ0) is 40.8. The van der Waals surface area contributed by atoms with Crippen LogP contribution in [0.3, 0.4) is 0 Å². The highest BCUT2D eigenvalue weighted by Gasteiger charge is 2.47. The lowest BCUT2D eigenvalue weighted by Crippen LogP contribution is -2.28. The van der Waals surface area contributed by atoms with Gasteiger partial charge in [-0.15, -0.1) is 0 Å². The van der Waals surface area contributed by atoms with Crippen LogP contribution in [0.15, 0.2) is 236 Å². The number of para-hydroxylation sites is 1. The number of nitrogens with zero attached hydrogens (tertiary/aromatic N) is 1. The molecule has 0 saturated heterocycles. The number of anilines is 3. The van der Waals surface area contributed by atoms with E-state index in [0.717, 1.165) is 67.0 Å². The normalized spacial score (nSPS) is 13.4. The SMILES string of the molecule is [2H]c1c([2H])c(N(c2ccccc2)c2cccc3c2-c2ccccc2C3(c2ccccc2)c2ccccc2)c([2H])c([2H])c1-c1cc(-c2ccccc2)ccc1-c1ccccc1. The molecule has 0 amide bonds. The molecule has 0 fully saturated rings. The van der Waals surface area contributed by atoms with Gasteiger partial charge in [0.2, 0.25) is 0 Å². The van der Waals surface area contributed by atoms with E-state index < -0.39 is 5.41 Å². The molecular weight excluding hydrogens is 675 g/mol. The second-order valence-corrected chi connectivity index (χ2v) is 14.1. The fraction of sp³-hybridized carbons (Fsp3) is 0.0182. The summed E-state index contributed by atoms with van der Waals surface area (Å²) in [5, 5.41) is 0. The molecular formula is C55H39N. The summed E-state index contributed by atoms with van der Waals surface area (Å²) in [5.41, 5.74) is 12.1. The summed E-state index contributed by atoms with van der Waals surface area (Å²) in [5.74, 6) is 0. The molecule has 0 heterocycles. The van der Waals surface area contributed by atoms with Crippen LogP contribution in [0.1, 0.15) is 27.7 Å². The van der Waals surface area contributed by atoms with Crippen LogP contribution < -0.4 is 4.90 Å². The highest BCUT2D eigenvalue weighted by Crippen LogP contribution is 2.59. The predicted molar refractivity (Wildman–Crippen MR) is 235 cm³/mol. The molecule has 0 N–H and O–H groups in total. The quantitative estimate of drug-likeness (QED) is 0.151. The number of hydrogen-bond acceptors (Lipinski definition) is 1. The average Bonchev–Trinajstić information content (AvgIpc) is 3.63. The summed E-state index contributed by atoms with van der Waals surface area (Å²) >= 11 is 0. The molecule has 0 radical (unpaired) electrons. The van der Waals surface area contributed by atoms with Gasteiger partial charge in [-0.2, -0.15) is 0 Å². The second kappa shape index (κ2) is 14.2. The molecule has 0 unspecified atom stereocenters. The van der Waals surface area contributed by atoms with Gasteiger partial charge in [-0.1, -0.05) is 200 Å². The topological polar surface area (TPSA) is 3.24 Å². The molecule has 1 nitrogen and oxygen atoms in total. The second-order valence-electron chi connectivity index (χ2n) is 14.1. The summed E-state index contributed by atoms with van der Waals surface area (Å²) in [6, 6.07) is 71.5. The smallest absolute Gasteiger partial charge is 0.0714 e. The zero-order valence-electron chi connectivity index (χ0n) is 34.7. The Morgan fingerprint density at radius 1 is 0.339 bits per heavy atom. The standard InChI is InChI=1S/C55H39N/c1-6-19-40(20-7-1)43-35-38-48(41-21-8-2-9-22-41)50(39-43)42-33-36-47(37-34-42)56(46-27-14-5-15-28-46)53-32-18-31-52-54(53)49-29-16-17-30-51(49)55(52,44-23-10-3-11-24-44)45-25-12-4-13-26-45/h1-39H/i33D,34D,36D,37D. The van der Waals surface area contributed by atoms with Crippen LogP contribution in [0.5, 0.6) is 0 Å². The number of hydrogen-bond donors (Lipinski definition) is 0. The maximum atomic E-state index is 9.90. The summed E-state index contributed by atoms with van der Waals surface area (Å²) in [4.78, 5) is 1.94. The van der Waals surface area contributed by atoms with Crippen LogP contribution in [0.25, 0.3) is 44.5 Å². The Bertz CT molecular complexity index is 2940. The molecule has 1 heteroatoms. The van der Waals surface area contributed by atoms with Crippen LogP contribution in [0.4, 0.5) is 17.1 Å². The molecule has 10 rings (SSSR count). The largest absolute Gasteiger partial charge is 0.310 e. The van der Waals surface area contributed by atoms with Crippen LogP contribution in [0.2, 0.25) is 0 Å². The third-order valence-electron chi connectivity index (χ3n) is 11.0. The predicted octanol–water partition coefficient (Wildman–Crippen LogP) is 14.5. The maximum absolute atomic E-state index is 9.90. The molecule has 0 aliphatic heterocycles. The van der Waals surface area contributed by atoms with Gasteiger partial charge in [0.25, 0.3) is 0 Å². The van der Waals surface area contributed by atoms with Crippen molar-refractivity contribution in [1.29, 1.82) is 0 Å². The summed E-state index contributed by atoms with van der Waals surface area (Å²) in [6.07, 6.45) is 0. The van der Waals surface area contributed by atoms with Crippen LogP contribution in [0, 0.1) is 0 Å². The Hall–Kier alpha value is -7.22. The molecule has 0 atom stereocenters. The van der Waals surface area contributed by atoms with E-state index in [1.807, 2.05) is 126 Å². The Morgan fingerprint density at radius 3 is 1.52 bits per heavy atom. The number of rotatable bonds is 8. The van der Waals surface area contributed by atoms with E-state index in [-0.39, 0.29) is 35.4 Å². The highest BCUT2D eigenvalue weighted by atomic mass is 15.1. The van der Waals surface area contributed by atoms with E-state index >= 15 is 0 Å². The molecule has 0 aromatic heterocycles. The van der Waals surface area contributed by atoms with Gasteiger partial charge < -0.3 is 4.90 Å². The van der Waals surface area contributed by atoms with Gasteiger partial charge in [0, 0.05) is 16.9 Å². The fourth-order valence-corrected chi connectivity index (χ4v) is 8.61. The Balaban J connectivity index is 1.25. The lowest BCUT2D eigenvalue weighted by Gasteiger charge is -2.34.